The highest BCUT2D eigenvalue weighted by atomic mass is 32.1. The van der Waals surface area contributed by atoms with Gasteiger partial charge in [-0.25, -0.2) is 9.78 Å². The number of hydrogen-bond acceptors (Lipinski definition) is 4. The Balaban J connectivity index is 1.50. The molecule has 0 bridgehead atoms. The molecule has 3 N–H and O–H groups in total. The molecule has 0 unspecified atom stereocenters. The minimum absolute atomic E-state index is 0.00230. The second kappa shape index (κ2) is 6.24. The van der Waals surface area contributed by atoms with Gasteiger partial charge in [0.05, 0.1) is 16.8 Å². The lowest BCUT2D eigenvalue weighted by Crippen LogP contribution is -2.40. The molecule has 3 rings (SSSR count). The van der Waals surface area contributed by atoms with Gasteiger partial charge in [0, 0.05) is 18.6 Å². The summed E-state index contributed by atoms with van der Waals surface area (Å²) >= 11 is 1.59. The molecule has 0 saturated carbocycles. The molecule has 5 nitrogen and oxygen atoms in total. The van der Waals surface area contributed by atoms with Crippen molar-refractivity contribution < 1.29 is 9.90 Å². The first kappa shape index (κ1) is 14.0. The van der Waals surface area contributed by atoms with Crippen LogP contribution >= 0.6 is 11.3 Å². The molecule has 1 aliphatic carbocycles. The Bertz CT molecular complexity index is 635. The normalized spacial score (nSPS) is 20.8. The number of fused-ring (bicyclic) bond motifs is 1. The predicted molar refractivity (Wildman–Crippen MR) is 83.1 cm³/mol. The number of para-hydroxylation sites is 1. The van der Waals surface area contributed by atoms with Crippen LogP contribution in [0.3, 0.4) is 0 Å². The summed E-state index contributed by atoms with van der Waals surface area (Å²) in [6.45, 7) is 0.549. The van der Waals surface area contributed by atoms with Gasteiger partial charge in [0.1, 0.15) is 5.01 Å². The fourth-order valence-electron chi connectivity index (χ4n) is 2.39. The van der Waals surface area contributed by atoms with E-state index in [9.17, 15) is 4.79 Å². The van der Waals surface area contributed by atoms with Crippen LogP contribution in [0.5, 0.6) is 0 Å². The van der Waals surface area contributed by atoms with Crippen LogP contribution in [0, 0.1) is 5.92 Å². The molecule has 0 spiro atoms. The standard InChI is InChI=1S/C15H17N3O2S/c19-9-10-5-6-11(7-10)17-15(20)16-8-14-18-12-3-1-2-4-13(12)21-14/h1-6,10-11,19H,7-9H2,(H2,16,17,20)/t10-,11+/m0/s1. The number of aliphatic hydroxyl groups excluding tert-OH is 1. The number of amides is 2. The van der Waals surface area contributed by atoms with Crippen molar-refractivity contribution in [3.05, 3.63) is 41.4 Å². The third-order valence-electron chi connectivity index (χ3n) is 3.46. The third kappa shape index (κ3) is 3.40. The van der Waals surface area contributed by atoms with Crippen LogP contribution in [0.4, 0.5) is 4.79 Å². The summed E-state index contributed by atoms with van der Waals surface area (Å²) in [5, 5.41) is 15.6. The van der Waals surface area contributed by atoms with Crippen LogP contribution in [0.1, 0.15) is 11.4 Å². The minimum Gasteiger partial charge on any atom is -0.396 e. The van der Waals surface area contributed by atoms with Crippen molar-refractivity contribution in [3.8, 4) is 0 Å². The number of aliphatic hydroxyl groups is 1. The zero-order valence-corrected chi connectivity index (χ0v) is 12.3. The van der Waals surface area contributed by atoms with Crippen LogP contribution in [0.2, 0.25) is 0 Å². The topological polar surface area (TPSA) is 74.2 Å². The fourth-order valence-corrected chi connectivity index (χ4v) is 3.29. The van der Waals surface area contributed by atoms with Gasteiger partial charge in [-0.1, -0.05) is 24.3 Å². The van der Waals surface area contributed by atoms with Crippen molar-refractivity contribution in [2.24, 2.45) is 5.92 Å². The number of urea groups is 1. The smallest absolute Gasteiger partial charge is 0.315 e. The van der Waals surface area contributed by atoms with Gasteiger partial charge in [0.15, 0.2) is 0 Å². The first-order valence-corrected chi connectivity index (χ1v) is 7.74. The molecule has 2 amide bonds. The number of nitrogens with zero attached hydrogens (tertiary/aromatic N) is 1. The summed E-state index contributed by atoms with van der Waals surface area (Å²) in [6.07, 6.45) is 4.63. The first-order valence-electron chi connectivity index (χ1n) is 6.92. The van der Waals surface area contributed by atoms with E-state index in [0.29, 0.717) is 6.54 Å². The number of benzene rings is 1. The molecule has 2 atom stereocenters. The van der Waals surface area contributed by atoms with Gasteiger partial charge in [-0.2, -0.15) is 0 Å². The maximum atomic E-state index is 11.8. The van der Waals surface area contributed by atoms with Gasteiger partial charge in [-0.15, -0.1) is 11.3 Å². The first-order chi connectivity index (χ1) is 10.2. The Kier molecular flexibility index (Phi) is 4.17. The molecular weight excluding hydrogens is 286 g/mol. The van der Waals surface area contributed by atoms with Crippen molar-refractivity contribution in [2.45, 2.75) is 19.0 Å². The Hall–Kier alpha value is -1.92. The fraction of sp³-hybridized carbons (Fsp3) is 0.333. The maximum Gasteiger partial charge on any atom is 0.315 e. The largest absolute Gasteiger partial charge is 0.396 e. The van der Waals surface area contributed by atoms with Gasteiger partial charge in [-0.3, -0.25) is 0 Å². The van der Waals surface area contributed by atoms with E-state index < -0.39 is 0 Å². The van der Waals surface area contributed by atoms with Crippen molar-refractivity contribution in [1.29, 1.82) is 0 Å². The Labute approximate surface area is 126 Å². The van der Waals surface area contributed by atoms with Gasteiger partial charge in [0.2, 0.25) is 0 Å². The van der Waals surface area contributed by atoms with Crippen LogP contribution < -0.4 is 10.6 Å². The number of nitrogens with one attached hydrogen (secondary N) is 2. The lowest BCUT2D eigenvalue weighted by molar-refractivity contribution is 0.231. The Morgan fingerprint density at radius 1 is 1.38 bits per heavy atom. The molecular formula is C15H17N3O2S. The Morgan fingerprint density at radius 2 is 2.24 bits per heavy atom. The van der Waals surface area contributed by atoms with E-state index >= 15 is 0 Å². The van der Waals surface area contributed by atoms with E-state index in [1.807, 2.05) is 36.4 Å². The van der Waals surface area contributed by atoms with E-state index in [2.05, 4.69) is 15.6 Å². The second-order valence-corrected chi connectivity index (χ2v) is 6.19. The molecule has 0 fully saturated rings. The SMILES string of the molecule is O=C(NCc1nc2ccccc2s1)N[C@@H]1C=C[C@H](CO)C1. The average Bonchev–Trinajstić information content (AvgIpc) is 3.10. The van der Waals surface area contributed by atoms with Crippen LogP contribution in [-0.2, 0) is 6.54 Å². The summed E-state index contributed by atoms with van der Waals surface area (Å²) in [5.74, 6) is 0.152. The number of carbonyl (C=O) groups is 1. The lowest BCUT2D eigenvalue weighted by atomic mass is 10.1. The van der Waals surface area contributed by atoms with Crippen molar-refractivity contribution >= 4 is 27.6 Å². The number of carbonyl (C=O) groups excluding carboxylic acids is 1. The third-order valence-corrected chi connectivity index (χ3v) is 4.50. The van der Waals surface area contributed by atoms with E-state index in [1.165, 1.54) is 0 Å². The van der Waals surface area contributed by atoms with E-state index in [1.54, 1.807) is 11.3 Å². The summed E-state index contributed by atoms with van der Waals surface area (Å²) in [7, 11) is 0. The molecule has 1 aromatic heterocycles. The number of thiazole rings is 1. The Morgan fingerprint density at radius 3 is 3.00 bits per heavy atom. The highest BCUT2D eigenvalue weighted by Crippen LogP contribution is 2.21. The zero-order valence-electron chi connectivity index (χ0n) is 11.5. The molecule has 21 heavy (non-hydrogen) atoms. The molecule has 2 aromatic rings. The van der Waals surface area contributed by atoms with Gasteiger partial charge in [-0.05, 0) is 18.6 Å². The molecule has 6 heteroatoms. The van der Waals surface area contributed by atoms with Crippen molar-refractivity contribution in [2.75, 3.05) is 6.61 Å². The molecule has 1 aromatic carbocycles. The summed E-state index contributed by atoms with van der Waals surface area (Å²) in [4.78, 5) is 16.3. The van der Waals surface area contributed by atoms with Crippen LogP contribution in [0.25, 0.3) is 10.2 Å². The van der Waals surface area contributed by atoms with E-state index in [-0.39, 0.29) is 24.6 Å². The van der Waals surface area contributed by atoms with Gasteiger partial charge in [0.25, 0.3) is 0 Å². The average molecular weight is 303 g/mol. The van der Waals surface area contributed by atoms with E-state index in [4.69, 9.17) is 5.11 Å². The highest BCUT2D eigenvalue weighted by Gasteiger charge is 2.19. The molecule has 1 aliphatic rings. The monoisotopic (exact) mass is 303 g/mol. The summed E-state index contributed by atoms with van der Waals surface area (Å²) in [5.41, 5.74) is 0.962. The number of rotatable bonds is 4. The quantitative estimate of drug-likeness (QED) is 0.757. The highest BCUT2D eigenvalue weighted by molar-refractivity contribution is 7.18. The lowest BCUT2D eigenvalue weighted by Gasteiger charge is -2.13. The predicted octanol–water partition coefficient (Wildman–Crippen LogP) is 2.03. The molecule has 0 saturated heterocycles. The minimum atomic E-state index is -0.206. The summed E-state index contributed by atoms with van der Waals surface area (Å²) < 4.78 is 1.12. The van der Waals surface area contributed by atoms with Crippen LogP contribution in [0.15, 0.2) is 36.4 Å². The van der Waals surface area contributed by atoms with Crippen molar-refractivity contribution in [1.82, 2.24) is 15.6 Å². The van der Waals surface area contributed by atoms with Gasteiger partial charge >= 0.3 is 6.03 Å². The maximum absolute atomic E-state index is 11.8. The second-order valence-electron chi connectivity index (χ2n) is 5.07. The molecule has 0 aliphatic heterocycles. The van der Waals surface area contributed by atoms with Crippen molar-refractivity contribution in [3.63, 3.8) is 0 Å². The molecule has 0 radical (unpaired) electrons. The molecule has 1 heterocycles. The number of aromatic nitrogens is 1. The molecule has 110 valence electrons. The zero-order chi connectivity index (χ0) is 14.7. The van der Waals surface area contributed by atoms with Crippen LogP contribution in [-0.4, -0.2) is 28.8 Å². The number of hydrogen-bond donors (Lipinski definition) is 3. The van der Waals surface area contributed by atoms with E-state index in [0.717, 1.165) is 21.6 Å². The summed E-state index contributed by atoms with van der Waals surface area (Å²) in [6, 6.07) is 7.72. The van der Waals surface area contributed by atoms with Gasteiger partial charge < -0.3 is 15.7 Å².